The van der Waals surface area contributed by atoms with E-state index in [-0.39, 0.29) is 11.7 Å². The molecule has 0 spiro atoms. The zero-order valence-electron chi connectivity index (χ0n) is 10.8. The molecular formula is C15H14BrFN2O. The first kappa shape index (κ1) is 13.4. The standard InChI is InChI=1S/C15H14BrFN2O/c16-12-9-10(17)6-7-13(12)18-15(20)14-5-2-8-19(14)11-3-1-4-11/h2,5-9,11H,1,3-4H2,(H,18,20). The van der Waals surface area contributed by atoms with Crippen LogP contribution in [0.2, 0.25) is 0 Å². The van der Waals surface area contributed by atoms with E-state index in [4.69, 9.17) is 0 Å². The van der Waals surface area contributed by atoms with Gasteiger partial charge in [-0.2, -0.15) is 0 Å². The van der Waals surface area contributed by atoms with E-state index in [2.05, 4.69) is 21.2 Å². The molecule has 1 fully saturated rings. The maximum Gasteiger partial charge on any atom is 0.272 e. The molecule has 20 heavy (non-hydrogen) atoms. The lowest BCUT2D eigenvalue weighted by Gasteiger charge is -2.28. The molecule has 1 heterocycles. The van der Waals surface area contributed by atoms with Gasteiger partial charge in [0.05, 0.1) is 5.69 Å². The third-order valence-corrected chi connectivity index (χ3v) is 4.32. The number of halogens is 2. The van der Waals surface area contributed by atoms with Crippen LogP contribution in [0, 0.1) is 5.82 Å². The van der Waals surface area contributed by atoms with Crippen molar-refractivity contribution in [3.8, 4) is 0 Å². The highest BCUT2D eigenvalue weighted by Crippen LogP contribution is 2.33. The van der Waals surface area contributed by atoms with E-state index < -0.39 is 0 Å². The van der Waals surface area contributed by atoms with E-state index in [1.165, 1.54) is 18.6 Å². The molecule has 1 saturated carbocycles. The number of nitrogens with zero attached hydrogens (tertiary/aromatic N) is 1. The van der Waals surface area contributed by atoms with Gasteiger partial charge in [0.1, 0.15) is 11.5 Å². The van der Waals surface area contributed by atoms with Crippen LogP contribution in [0.1, 0.15) is 35.8 Å². The van der Waals surface area contributed by atoms with Gasteiger partial charge in [-0.05, 0) is 65.5 Å². The lowest BCUT2D eigenvalue weighted by molar-refractivity contribution is 0.101. The second kappa shape index (κ2) is 5.40. The van der Waals surface area contributed by atoms with Crippen LogP contribution in [-0.4, -0.2) is 10.5 Å². The zero-order valence-corrected chi connectivity index (χ0v) is 12.4. The molecule has 1 aliphatic rings. The Bertz CT molecular complexity index is 649. The van der Waals surface area contributed by atoms with E-state index in [1.807, 2.05) is 22.9 Å². The molecule has 104 valence electrons. The lowest BCUT2D eigenvalue weighted by atomic mass is 9.93. The summed E-state index contributed by atoms with van der Waals surface area (Å²) in [6.45, 7) is 0. The van der Waals surface area contributed by atoms with E-state index in [0.717, 1.165) is 12.8 Å². The molecule has 0 radical (unpaired) electrons. The fourth-order valence-corrected chi connectivity index (χ4v) is 2.80. The number of carbonyl (C=O) groups excluding carboxylic acids is 1. The van der Waals surface area contributed by atoms with Crippen molar-refractivity contribution in [2.75, 3.05) is 5.32 Å². The summed E-state index contributed by atoms with van der Waals surface area (Å²) in [5.41, 5.74) is 1.21. The molecule has 0 unspecified atom stereocenters. The smallest absolute Gasteiger partial charge is 0.272 e. The molecule has 1 aromatic carbocycles. The molecule has 2 aromatic rings. The average Bonchev–Trinajstić information content (AvgIpc) is 2.79. The van der Waals surface area contributed by atoms with E-state index in [9.17, 15) is 9.18 Å². The fourth-order valence-electron chi connectivity index (χ4n) is 2.35. The molecule has 0 bridgehead atoms. The van der Waals surface area contributed by atoms with Gasteiger partial charge in [-0.3, -0.25) is 4.79 Å². The van der Waals surface area contributed by atoms with Crippen molar-refractivity contribution >= 4 is 27.5 Å². The number of hydrogen-bond donors (Lipinski definition) is 1. The Balaban J connectivity index is 1.81. The van der Waals surface area contributed by atoms with Gasteiger partial charge in [-0.25, -0.2) is 4.39 Å². The second-order valence-corrected chi connectivity index (χ2v) is 5.82. The number of amides is 1. The highest BCUT2D eigenvalue weighted by atomic mass is 79.9. The molecule has 3 nitrogen and oxygen atoms in total. The molecule has 5 heteroatoms. The van der Waals surface area contributed by atoms with E-state index in [1.54, 1.807) is 6.07 Å². The summed E-state index contributed by atoms with van der Waals surface area (Å²) < 4.78 is 15.6. The first-order chi connectivity index (χ1) is 9.65. The van der Waals surface area contributed by atoms with Crippen LogP contribution in [0.3, 0.4) is 0 Å². The zero-order chi connectivity index (χ0) is 14.1. The third-order valence-electron chi connectivity index (χ3n) is 3.66. The van der Waals surface area contributed by atoms with Gasteiger partial charge in [0.2, 0.25) is 0 Å². The number of benzene rings is 1. The summed E-state index contributed by atoms with van der Waals surface area (Å²) in [7, 11) is 0. The Labute approximate surface area is 124 Å². The van der Waals surface area contributed by atoms with Crippen LogP contribution in [-0.2, 0) is 0 Å². The van der Waals surface area contributed by atoms with Crippen LogP contribution in [0.15, 0.2) is 41.0 Å². The molecular weight excluding hydrogens is 323 g/mol. The summed E-state index contributed by atoms with van der Waals surface area (Å²) >= 11 is 3.25. The highest BCUT2D eigenvalue weighted by Gasteiger charge is 2.23. The number of rotatable bonds is 3. The first-order valence-corrected chi connectivity index (χ1v) is 7.37. The van der Waals surface area contributed by atoms with Crippen molar-refractivity contribution in [2.45, 2.75) is 25.3 Å². The summed E-state index contributed by atoms with van der Waals surface area (Å²) in [6.07, 6.45) is 5.40. The van der Waals surface area contributed by atoms with Crippen LogP contribution in [0.25, 0.3) is 0 Å². The minimum Gasteiger partial charge on any atom is -0.340 e. The molecule has 1 aliphatic carbocycles. The quantitative estimate of drug-likeness (QED) is 0.887. The molecule has 0 aliphatic heterocycles. The maximum atomic E-state index is 13.0. The van der Waals surface area contributed by atoms with Crippen molar-refractivity contribution in [3.63, 3.8) is 0 Å². The van der Waals surface area contributed by atoms with Crippen molar-refractivity contribution in [1.29, 1.82) is 0 Å². The number of hydrogen-bond acceptors (Lipinski definition) is 1. The summed E-state index contributed by atoms with van der Waals surface area (Å²) in [4.78, 5) is 12.3. The average molecular weight is 337 g/mol. The first-order valence-electron chi connectivity index (χ1n) is 6.58. The van der Waals surface area contributed by atoms with Crippen LogP contribution >= 0.6 is 15.9 Å². The fraction of sp³-hybridized carbons (Fsp3) is 0.267. The van der Waals surface area contributed by atoms with Gasteiger partial charge in [0, 0.05) is 16.7 Å². The summed E-state index contributed by atoms with van der Waals surface area (Å²) in [5.74, 6) is -0.512. The molecule has 1 amide bonds. The Hall–Kier alpha value is -1.62. The van der Waals surface area contributed by atoms with Crippen LogP contribution < -0.4 is 5.32 Å². The topological polar surface area (TPSA) is 34.0 Å². The summed E-state index contributed by atoms with van der Waals surface area (Å²) in [6, 6.07) is 8.33. The normalized spacial score (nSPS) is 14.9. The van der Waals surface area contributed by atoms with Crippen LogP contribution in [0.5, 0.6) is 0 Å². The Morgan fingerprint density at radius 2 is 2.15 bits per heavy atom. The number of anilines is 1. The van der Waals surface area contributed by atoms with Crippen molar-refractivity contribution < 1.29 is 9.18 Å². The van der Waals surface area contributed by atoms with E-state index >= 15 is 0 Å². The van der Waals surface area contributed by atoms with Crippen molar-refractivity contribution in [2.24, 2.45) is 0 Å². The minimum absolute atomic E-state index is 0.172. The van der Waals surface area contributed by atoms with E-state index in [0.29, 0.717) is 21.9 Å². The molecule has 0 atom stereocenters. The molecule has 0 saturated heterocycles. The van der Waals surface area contributed by atoms with Gasteiger partial charge >= 0.3 is 0 Å². The largest absolute Gasteiger partial charge is 0.340 e. The van der Waals surface area contributed by atoms with Gasteiger partial charge in [0.15, 0.2) is 0 Å². The molecule has 1 N–H and O–H groups in total. The van der Waals surface area contributed by atoms with Gasteiger partial charge in [-0.15, -0.1) is 0 Å². The van der Waals surface area contributed by atoms with Gasteiger partial charge < -0.3 is 9.88 Å². The predicted molar refractivity (Wildman–Crippen MR) is 79.4 cm³/mol. The van der Waals surface area contributed by atoms with Crippen molar-refractivity contribution in [1.82, 2.24) is 4.57 Å². The van der Waals surface area contributed by atoms with Gasteiger partial charge in [0.25, 0.3) is 5.91 Å². The Morgan fingerprint density at radius 3 is 2.80 bits per heavy atom. The Morgan fingerprint density at radius 1 is 1.35 bits per heavy atom. The minimum atomic E-state index is -0.340. The van der Waals surface area contributed by atoms with Crippen molar-refractivity contribution in [3.05, 3.63) is 52.5 Å². The molecule has 3 rings (SSSR count). The third kappa shape index (κ3) is 2.50. The number of carbonyl (C=O) groups is 1. The summed E-state index contributed by atoms with van der Waals surface area (Å²) in [5, 5.41) is 2.81. The SMILES string of the molecule is O=C(Nc1ccc(F)cc1Br)c1cccn1C1CCC1. The van der Waals surface area contributed by atoms with Crippen LogP contribution in [0.4, 0.5) is 10.1 Å². The lowest BCUT2D eigenvalue weighted by Crippen LogP contribution is -2.23. The highest BCUT2D eigenvalue weighted by molar-refractivity contribution is 9.10. The Kier molecular flexibility index (Phi) is 3.61. The predicted octanol–water partition coefficient (Wildman–Crippen LogP) is 4.37. The second-order valence-electron chi connectivity index (χ2n) is 4.96. The molecule has 1 aromatic heterocycles. The number of aromatic nitrogens is 1. The maximum absolute atomic E-state index is 13.0. The number of nitrogens with one attached hydrogen (secondary N) is 1. The monoisotopic (exact) mass is 336 g/mol. The van der Waals surface area contributed by atoms with Gasteiger partial charge in [-0.1, -0.05) is 0 Å².